The monoisotopic (exact) mass is 318 g/mol. The molecule has 0 unspecified atom stereocenters. The highest BCUT2D eigenvalue weighted by Crippen LogP contribution is 2.29. The Hall–Kier alpha value is -3.22. The molecule has 6 heteroatoms. The van der Waals surface area contributed by atoms with Crippen LogP contribution in [0.1, 0.15) is 5.01 Å². The summed E-state index contributed by atoms with van der Waals surface area (Å²) in [4.78, 5) is 8.37. The molecular weight excluding hydrogens is 308 g/mol. The van der Waals surface area contributed by atoms with Crippen LogP contribution in [0.15, 0.2) is 53.5 Å². The third-order valence-electron chi connectivity index (χ3n) is 2.97. The number of para-hydroxylation sites is 1. The number of aliphatic imine (C=N–C) groups is 1. The van der Waals surface area contributed by atoms with E-state index in [2.05, 4.69) is 9.98 Å². The highest BCUT2D eigenvalue weighted by molar-refractivity contribution is 7.18. The van der Waals surface area contributed by atoms with Crippen LogP contribution in [0.4, 0.5) is 0 Å². The zero-order chi connectivity index (χ0) is 16.1. The minimum Gasteiger partial charge on any atom is -0.457 e. The van der Waals surface area contributed by atoms with E-state index >= 15 is 0 Å². The van der Waals surface area contributed by atoms with Crippen LogP contribution in [0.25, 0.3) is 10.2 Å². The highest BCUT2D eigenvalue weighted by Gasteiger charge is 2.06. The summed E-state index contributed by atoms with van der Waals surface area (Å²) in [5, 5.41) is 18.1. The van der Waals surface area contributed by atoms with Crippen molar-refractivity contribution in [1.29, 1.82) is 10.5 Å². The molecule has 0 aliphatic carbocycles. The summed E-state index contributed by atoms with van der Waals surface area (Å²) < 4.78 is 6.77. The Bertz CT molecular complexity index is 932. The number of hydrogen-bond acceptors (Lipinski definition) is 6. The van der Waals surface area contributed by atoms with Gasteiger partial charge >= 0.3 is 0 Å². The summed E-state index contributed by atoms with van der Waals surface area (Å²) in [6, 6.07) is 18.7. The average molecular weight is 318 g/mol. The normalized spacial score (nSPS) is 9.83. The summed E-state index contributed by atoms with van der Waals surface area (Å²) >= 11 is 1.47. The lowest BCUT2D eigenvalue weighted by atomic mass is 10.3. The number of aromatic nitrogens is 1. The molecule has 1 aromatic heterocycles. The Balaban J connectivity index is 1.83. The standard InChI is InChI=1S/C17H10N4OS/c18-9-12(10-19)20-11-17-21-15-7-6-14(8-16(15)23-17)22-13-4-2-1-3-5-13/h1-8H,11H2. The molecule has 0 amide bonds. The van der Waals surface area contributed by atoms with E-state index in [4.69, 9.17) is 15.3 Å². The lowest BCUT2D eigenvalue weighted by molar-refractivity contribution is 0.483. The van der Waals surface area contributed by atoms with Gasteiger partial charge in [-0.25, -0.2) is 4.98 Å². The molecule has 3 aromatic rings. The zero-order valence-corrected chi connectivity index (χ0v) is 12.7. The number of rotatable bonds is 4. The number of benzene rings is 2. The Kier molecular flexibility index (Phi) is 4.28. The smallest absolute Gasteiger partial charge is 0.213 e. The van der Waals surface area contributed by atoms with Crippen LogP contribution in [-0.2, 0) is 6.54 Å². The molecule has 0 fully saturated rings. The maximum atomic E-state index is 8.68. The van der Waals surface area contributed by atoms with Crippen molar-refractivity contribution in [2.75, 3.05) is 0 Å². The van der Waals surface area contributed by atoms with E-state index in [1.807, 2.05) is 48.5 Å². The first-order valence-corrected chi connectivity index (χ1v) is 7.57. The predicted octanol–water partition coefficient (Wildman–Crippen LogP) is 4.08. The number of thiazole rings is 1. The topological polar surface area (TPSA) is 82.1 Å². The minimum atomic E-state index is -0.141. The fourth-order valence-electron chi connectivity index (χ4n) is 1.95. The SMILES string of the molecule is N#CC(C#N)=NCc1nc2ccc(Oc3ccccc3)cc2s1. The van der Waals surface area contributed by atoms with Crippen molar-refractivity contribution in [3.63, 3.8) is 0 Å². The van der Waals surface area contributed by atoms with Crippen LogP contribution in [0.5, 0.6) is 11.5 Å². The van der Waals surface area contributed by atoms with Crippen molar-refractivity contribution in [3.05, 3.63) is 53.5 Å². The first kappa shape index (κ1) is 14.7. The van der Waals surface area contributed by atoms with Gasteiger partial charge in [-0.05, 0) is 24.3 Å². The van der Waals surface area contributed by atoms with Crippen molar-refractivity contribution < 1.29 is 4.74 Å². The lowest BCUT2D eigenvalue weighted by Gasteiger charge is -2.04. The van der Waals surface area contributed by atoms with Crippen LogP contribution in [0.2, 0.25) is 0 Å². The first-order valence-electron chi connectivity index (χ1n) is 6.75. The first-order chi connectivity index (χ1) is 11.3. The van der Waals surface area contributed by atoms with Crippen molar-refractivity contribution in [2.45, 2.75) is 6.54 Å². The molecule has 5 nitrogen and oxygen atoms in total. The van der Waals surface area contributed by atoms with Gasteiger partial charge in [0.2, 0.25) is 5.71 Å². The van der Waals surface area contributed by atoms with Crippen molar-refractivity contribution in [2.24, 2.45) is 4.99 Å². The molecule has 2 aromatic carbocycles. The zero-order valence-electron chi connectivity index (χ0n) is 11.9. The second-order valence-corrected chi connectivity index (χ2v) is 5.66. The Labute approximate surface area is 136 Å². The molecule has 0 saturated heterocycles. The number of nitriles is 2. The molecule has 3 rings (SSSR count). The Morgan fingerprint density at radius 1 is 1.09 bits per heavy atom. The van der Waals surface area contributed by atoms with Gasteiger partial charge in [0.1, 0.15) is 28.6 Å². The summed E-state index contributed by atoms with van der Waals surface area (Å²) in [5.41, 5.74) is 0.702. The summed E-state index contributed by atoms with van der Waals surface area (Å²) in [7, 11) is 0. The molecule has 0 radical (unpaired) electrons. The van der Waals surface area contributed by atoms with Crippen LogP contribution in [0, 0.1) is 22.7 Å². The van der Waals surface area contributed by atoms with Crippen molar-refractivity contribution in [1.82, 2.24) is 4.98 Å². The van der Waals surface area contributed by atoms with Crippen LogP contribution >= 0.6 is 11.3 Å². The fourth-order valence-corrected chi connectivity index (χ4v) is 2.87. The maximum Gasteiger partial charge on any atom is 0.213 e. The van der Waals surface area contributed by atoms with Gasteiger partial charge in [0.25, 0.3) is 0 Å². The molecule has 0 saturated carbocycles. The van der Waals surface area contributed by atoms with E-state index in [9.17, 15) is 0 Å². The van der Waals surface area contributed by atoms with Gasteiger partial charge in [-0.1, -0.05) is 18.2 Å². The lowest BCUT2D eigenvalue weighted by Crippen LogP contribution is -1.89. The predicted molar refractivity (Wildman–Crippen MR) is 88.5 cm³/mol. The third kappa shape index (κ3) is 3.52. The van der Waals surface area contributed by atoms with Crippen molar-refractivity contribution >= 4 is 27.3 Å². The van der Waals surface area contributed by atoms with Crippen molar-refractivity contribution in [3.8, 4) is 23.6 Å². The minimum absolute atomic E-state index is 0.141. The van der Waals surface area contributed by atoms with Gasteiger partial charge < -0.3 is 4.74 Å². The van der Waals surface area contributed by atoms with Gasteiger partial charge in [0, 0.05) is 6.07 Å². The van der Waals surface area contributed by atoms with Gasteiger partial charge in [-0.15, -0.1) is 11.3 Å². The van der Waals surface area contributed by atoms with E-state index in [-0.39, 0.29) is 12.3 Å². The van der Waals surface area contributed by atoms with Crippen LogP contribution < -0.4 is 4.74 Å². The largest absolute Gasteiger partial charge is 0.457 e. The molecule has 110 valence electrons. The van der Waals surface area contributed by atoms with Gasteiger partial charge in [-0.2, -0.15) is 10.5 Å². The molecule has 0 spiro atoms. The molecule has 0 atom stereocenters. The summed E-state index contributed by atoms with van der Waals surface area (Å²) in [5.74, 6) is 1.51. The molecule has 23 heavy (non-hydrogen) atoms. The van der Waals surface area contributed by atoms with E-state index in [1.54, 1.807) is 12.1 Å². The second-order valence-electron chi connectivity index (χ2n) is 4.54. The number of fused-ring (bicyclic) bond motifs is 1. The van der Waals surface area contributed by atoms with E-state index in [0.29, 0.717) is 0 Å². The molecule has 0 bridgehead atoms. The second kappa shape index (κ2) is 6.69. The molecule has 0 aliphatic heterocycles. The molecule has 0 N–H and O–H groups in total. The maximum absolute atomic E-state index is 8.68. The number of ether oxygens (including phenoxy) is 1. The van der Waals surface area contributed by atoms with E-state index < -0.39 is 0 Å². The molecule has 0 aliphatic rings. The average Bonchev–Trinajstić information content (AvgIpc) is 2.99. The van der Waals surface area contributed by atoms with Gasteiger partial charge in [-0.3, -0.25) is 4.99 Å². The molecular formula is C17H10N4OS. The Morgan fingerprint density at radius 2 is 1.87 bits per heavy atom. The number of hydrogen-bond donors (Lipinski definition) is 0. The van der Waals surface area contributed by atoms with Crippen LogP contribution in [0.3, 0.4) is 0 Å². The highest BCUT2D eigenvalue weighted by atomic mass is 32.1. The van der Waals surface area contributed by atoms with Gasteiger partial charge in [0.15, 0.2) is 0 Å². The Morgan fingerprint density at radius 3 is 2.61 bits per heavy atom. The third-order valence-corrected chi connectivity index (χ3v) is 3.97. The quantitative estimate of drug-likeness (QED) is 0.679. The number of nitrogens with zero attached hydrogens (tertiary/aromatic N) is 4. The van der Waals surface area contributed by atoms with Crippen LogP contribution in [-0.4, -0.2) is 10.7 Å². The summed E-state index contributed by atoms with van der Waals surface area (Å²) in [6.45, 7) is 0.227. The van der Waals surface area contributed by atoms with Gasteiger partial charge in [0.05, 0.1) is 16.8 Å². The fraction of sp³-hybridized carbons (Fsp3) is 0.0588. The van der Waals surface area contributed by atoms with E-state index in [1.165, 1.54) is 11.3 Å². The van der Waals surface area contributed by atoms with E-state index in [0.717, 1.165) is 26.7 Å². The summed E-state index contributed by atoms with van der Waals surface area (Å²) in [6.07, 6.45) is 0. The molecule has 1 heterocycles.